The fraction of sp³-hybridized carbons (Fsp3) is 0.579. The van der Waals surface area contributed by atoms with Crippen molar-refractivity contribution in [2.24, 2.45) is 5.92 Å². The van der Waals surface area contributed by atoms with Crippen LogP contribution in [0.4, 0.5) is 0 Å². The Morgan fingerprint density at radius 2 is 1.96 bits per heavy atom. The van der Waals surface area contributed by atoms with Crippen molar-refractivity contribution in [3.63, 3.8) is 0 Å². The second-order valence-corrected chi connectivity index (χ2v) is 8.56. The number of hydrogen-bond acceptors (Lipinski definition) is 5. The maximum Gasteiger partial charge on any atom is 0.233 e. The van der Waals surface area contributed by atoms with Gasteiger partial charge in [-0.15, -0.1) is 5.10 Å². The number of amides is 1. The molecule has 1 aliphatic rings. The van der Waals surface area contributed by atoms with Gasteiger partial charge in [-0.1, -0.05) is 49.7 Å². The van der Waals surface area contributed by atoms with Crippen molar-refractivity contribution in [2.45, 2.75) is 69.8 Å². The number of carbonyl (C=O) groups is 1. The van der Waals surface area contributed by atoms with Gasteiger partial charge >= 0.3 is 0 Å². The lowest BCUT2D eigenvalue weighted by atomic mass is 9.86. The maximum atomic E-state index is 12.7. The van der Waals surface area contributed by atoms with Crippen molar-refractivity contribution in [1.82, 2.24) is 25.5 Å². The highest BCUT2D eigenvalue weighted by atomic mass is 32.2. The van der Waals surface area contributed by atoms with Crippen LogP contribution in [0.25, 0.3) is 5.69 Å². The summed E-state index contributed by atoms with van der Waals surface area (Å²) >= 11 is 1.40. The number of carbonyl (C=O) groups excluding carboxylic acids is 1. The van der Waals surface area contributed by atoms with Crippen molar-refractivity contribution in [3.05, 3.63) is 29.3 Å². The number of para-hydroxylation sites is 1. The van der Waals surface area contributed by atoms with Crippen LogP contribution < -0.4 is 5.32 Å². The van der Waals surface area contributed by atoms with Crippen LogP contribution >= 0.6 is 11.8 Å². The van der Waals surface area contributed by atoms with Gasteiger partial charge in [-0.2, -0.15) is 4.68 Å². The molecule has 6 nitrogen and oxygen atoms in total. The normalized spacial score (nSPS) is 21.4. The molecule has 1 aliphatic carbocycles. The average molecular weight is 374 g/mol. The molecule has 0 radical (unpaired) electrons. The first-order valence-electron chi connectivity index (χ1n) is 9.29. The number of tetrazole rings is 1. The van der Waals surface area contributed by atoms with E-state index in [1.54, 1.807) is 4.68 Å². The highest BCUT2D eigenvalue weighted by Gasteiger charge is 2.26. The van der Waals surface area contributed by atoms with Gasteiger partial charge in [0.2, 0.25) is 11.1 Å². The van der Waals surface area contributed by atoms with E-state index in [1.807, 2.05) is 39.0 Å². The number of benzene rings is 1. The smallest absolute Gasteiger partial charge is 0.233 e. The van der Waals surface area contributed by atoms with Crippen molar-refractivity contribution in [3.8, 4) is 5.69 Å². The summed E-state index contributed by atoms with van der Waals surface area (Å²) in [7, 11) is 0. The van der Waals surface area contributed by atoms with E-state index in [1.165, 1.54) is 31.0 Å². The first-order valence-corrected chi connectivity index (χ1v) is 10.2. The zero-order valence-corrected chi connectivity index (χ0v) is 16.7. The molecule has 3 atom stereocenters. The summed E-state index contributed by atoms with van der Waals surface area (Å²) in [5.41, 5.74) is 3.19. The van der Waals surface area contributed by atoms with Crippen LogP contribution in [0.1, 0.15) is 50.7 Å². The van der Waals surface area contributed by atoms with E-state index >= 15 is 0 Å². The van der Waals surface area contributed by atoms with Gasteiger partial charge in [-0.25, -0.2) is 0 Å². The molecule has 1 saturated carbocycles. The van der Waals surface area contributed by atoms with Gasteiger partial charge in [0.15, 0.2) is 0 Å². The Bertz CT molecular complexity index is 755. The quantitative estimate of drug-likeness (QED) is 0.813. The molecule has 26 heavy (non-hydrogen) atoms. The summed E-state index contributed by atoms with van der Waals surface area (Å²) in [6, 6.07) is 6.39. The Balaban J connectivity index is 1.71. The zero-order valence-electron chi connectivity index (χ0n) is 15.9. The molecule has 1 aromatic carbocycles. The summed E-state index contributed by atoms with van der Waals surface area (Å²) in [5.74, 6) is 0.606. The van der Waals surface area contributed by atoms with Crippen molar-refractivity contribution < 1.29 is 4.79 Å². The molecule has 7 heteroatoms. The second kappa shape index (κ2) is 8.20. The van der Waals surface area contributed by atoms with Gasteiger partial charge in [-0.3, -0.25) is 4.79 Å². The summed E-state index contributed by atoms with van der Waals surface area (Å²) in [4.78, 5) is 12.7. The standard InChI is InChI=1S/C19H27N5OS/c1-12-8-5-6-11-16(12)20-18(25)15(4)26-19-21-22-23-24(19)17-13(2)9-7-10-14(17)3/h7,9-10,12,15-16H,5-6,8,11H2,1-4H3,(H,20,25). The molecular weight excluding hydrogens is 346 g/mol. The maximum absolute atomic E-state index is 12.7. The third kappa shape index (κ3) is 4.09. The Morgan fingerprint density at radius 3 is 2.65 bits per heavy atom. The van der Waals surface area contributed by atoms with Gasteiger partial charge in [0.1, 0.15) is 0 Å². The van der Waals surface area contributed by atoms with E-state index < -0.39 is 0 Å². The monoisotopic (exact) mass is 373 g/mol. The van der Waals surface area contributed by atoms with Crippen LogP contribution in [0.3, 0.4) is 0 Å². The molecule has 1 amide bonds. The molecule has 1 N–H and O–H groups in total. The predicted octanol–water partition coefficient (Wildman–Crippen LogP) is 3.45. The Kier molecular flexibility index (Phi) is 5.96. The summed E-state index contributed by atoms with van der Waals surface area (Å²) in [6.45, 7) is 8.22. The molecule has 1 aromatic heterocycles. The zero-order chi connectivity index (χ0) is 18.7. The minimum Gasteiger partial charge on any atom is -0.352 e. The van der Waals surface area contributed by atoms with Crippen LogP contribution in [0, 0.1) is 19.8 Å². The first kappa shape index (κ1) is 18.9. The Hall–Kier alpha value is -1.89. The topological polar surface area (TPSA) is 72.7 Å². The molecule has 0 aliphatic heterocycles. The summed E-state index contributed by atoms with van der Waals surface area (Å²) < 4.78 is 1.74. The van der Waals surface area contributed by atoms with Gasteiger partial charge < -0.3 is 5.32 Å². The molecule has 0 bridgehead atoms. The Labute approximate surface area is 159 Å². The van der Waals surface area contributed by atoms with Crippen LogP contribution in [-0.4, -0.2) is 37.4 Å². The van der Waals surface area contributed by atoms with E-state index in [4.69, 9.17) is 0 Å². The SMILES string of the molecule is Cc1cccc(C)c1-n1nnnc1SC(C)C(=O)NC1CCCCC1C. The van der Waals surface area contributed by atoms with E-state index in [2.05, 4.69) is 27.8 Å². The molecule has 0 saturated heterocycles. The lowest BCUT2D eigenvalue weighted by molar-refractivity contribution is -0.121. The lowest BCUT2D eigenvalue weighted by Crippen LogP contribution is -2.44. The molecular formula is C19H27N5OS. The van der Waals surface area contributed by atoms with Crippen LogP contribution in [0.15, 0.2) is 23.4 Å². The molecule has 140 valence electrons. The van der Waals surface area contributed by atoms with Crippen molar-refractivity contribution in [1.29, 1.82) is 0 Å². The second-order valence-electron chi connectivity index (χ2n) is 7.25. The average Bonchev–Trinajstić information content (AvgIpc) is 3.04. The van der Waals surface area contributed by atoms with E-state index in [9.17, 15) is 4.79 Å². The molecule has 1 fully saturated rings. The summed E-state index contributed by atoms with van der Waals surface area (Å²) in [6.07, 6.45) is 4.73. The van der Waals surface area contributed by atoms with E-state index in [-0.39, 0.29) is 17.2 Å². The number of aryl methyl sites for hydroxylation is 2. The Morgan fingerprint density at radius 1 is 1.27 bits per heavy atom. The van der Waals surface area contributed by atoms with Gasteiger partial charge in [-0.05, 0) is 61.1 Å². The number of rotatable bonds is 5. The van der Waals surface area contributed by atoms with Gasteiger partial charge in [0.05, 0.1) is 10.9 Å². The van der Waals surface area contributed by atoms with Crippen molar-refractivity contribution in [2.75, 3.05) is 0 Å². The van der Waals surface area contributed by atoms with E-state index in [0.29, 0.717) is 11.1 Å². The predicted molar refractivity (Wildman–Crippen MR) is 104 cm³/mol. The number of thioether (sulfide) groups is 1. The summed E-state index contributed by atoms with van der Waals surface area (Å²) in [5, 5.41) is 15.7. The van der Waals surface area contributed by atoms with Crippen molar-refractivity contribution >= 4 is 17.7 Å². The number of hydrogen-bond donors (Lipinski definition) is 1. The molecule has 1 heterocycles. The number of nitrogens with one attached hydrogen (secondary N) is 1. The lowest BCUT2D eigenvalue weighted by Gasteiger charge is -2.30. The molecule has 0 spiro atoms. The minimum absolute atomic E-state index is 0.0600. The number of nitrogens with zero attached hydrogens (tertiary/aromatic N) is 4. The van der Waals surface area contributed by atoms with Crippen LogP contribution in [0.5, 0.6) is 0 Å². The fourth-order valence-electron chi connectivity index (χ4n) is 3.57. The van der Waals surface area contributed by atoms with Gasteiger partial charge in [0, 0.05) is 6.04 Å². The highest BCUT2D eigenvalue weighted by Crippen LogP contribution is 2.28. The highest BCUT2D eigenvalue weighted by molar-refractivity contribution is 8.00. The fourth-order valence-corrected chi connectivity index (χ4v) is 4.38. The minimum atomic E-state index is -0.252. The van der Waals surface area contributed by atoms with E-state index in [0.717, 1.165) is 23.2 Å². The molecule has 2 aromatic rings. The largest absolute Gasteiger partial charge is 0.352 e. The third-order valence-corrected chi connectivity index (χ3v) is 6.22. The molecule has 3 unspecified atom stereocenters. The van der Waals surface area contributed by atoms with Crippen LogP contribution in [-0.2, 0) is 4.79 Å². The van der Waals surface area contributed by atoms with Gasteiger partial charge in [0.25, 0.3) is 0 Å². The molecule has 3 rings (SSSR count). The third-order valence-electron chi connectivity index (χ3n) is 5.18. The first-order chi connectivity index (χ1) is 12.5. The number of aromatic nitrogens is 4. The van der Waals surface area contributed by atoms with Crippen LogP contribution in [0.2, 0.25) is 0 Å².